The second-order valence-corrected chi connectivity index (χ2v) is 8.55. The molecule has 0 radical (unpaired) electrons. The molecule has 3 rings (SSSR count). The molecule has 2 aromatic rings. The third-order valence-electron chi connectivity index (χ3n) is 5.16. The molecule has 6 nitrogen and oxygen atoms in total. The Labute approximate surface area is 196 Å². The van der Waals surface area contributed by atoms with Gasteiger partial charge in [0.15, 0.2) is 0 Å². The molecule has 1 heterocycles. The van der Waals surface area contributed by atoms with Crippen molar-refractivity contribution < 1.29 is 41.7 Å². The van der Waals surface area contributed by atoms with Gasteiger partial charge in [0, 0.05) is 12.0 Å². The van der Waals surface area contributed by atoms with Crippen LogP contribution in [-0.4, -0.2) is 45.4 Å². The minimum atomic E-state index is -4.78. The molecule has 0 spiro atoms. The Hall–Kier alpha value is -2.78. The molecule has 1 aliphatic heterocycles. The summed E-state index contributed by atoms with van der Waals surface area (Å²) < 4.78 is 62.2. The number of hydrogen-bond acceptors (Lipinski definition) is 6. The Bertz CT molecular complexity index is 892. The molecule has 0 aliphatic carbocycles. The lowest BCUT2D eigenvalue weighted by atomic mass is 9.90. The SMILES string of the molecule is CC1(COCCCCCCOc2ccc(C(=O)Oc3ccc(OC(F)(F)F)cc3)cc2)COC1. The van der Waals surface area contributed by atoms with Gasteiger partial charge < -0.3 is 23.7 Å². The van der Waals surface area contributed by atoms with Crippen molar-refractivity contribution in [1.82, 2.24) is 0 Å². The molecule has 0 atom stereocenters. The first-order valence-electron chi connectivity index (χ1n) is 11.2. The fourth-order valence-corrected chi connectivity index (χ4v) is 3.26. The van der Waals surface area contributed by atoms with Gasteiger partial charge in [-0.3, -0.25) is 0 Å². The Morgan fingerprint density at radius 3 is 2.06 bits per heavy atom. The Morgan fingerprint density at radius 2 is 1.47 bits per heavy atom. The van der Waals surface area contributed by atoms with E-state index in [-0.39, 0.29) is 11.2 Å². The fourth-order valence-electron chi connectivity index (χ4n) is 3.26. The van der Waals surface area contributed by atoms with E-state index in [9.17, 15) is 18.0 Å². The highest BCUT2D eigenvalue weighted by Crippen LogP contribution is 2.27. The summed E-state index contributed by atoms with van der Waals surface area (Å²) >= 11 is 0. The summed E-state index contributed by atoms with van der Waals surface area (Å²) in [6, 6.07) is 11.1. The molecule has 1 aliphatic rings. The van der Waals surface area contributed by atoms with Gasteiger partial charge in [0.2, 0.25) is 0 Å². The first kappa shape index (κ1) is 25.8. The Kier molecular flexibility index (Phi) is 9.18. The van der Waals surface area contributed by atoms with Gasteiger partial charge in [-0.05, 0) is 67.8 Å². The highest BCUT2D eigenvalue weighted by molar-refractivity contribution is 5.91. The maximum Gasteiger partial charge on any atom is 0.573 e. The predicted octanol–water partition coefficient (Wildman–Crippen LogP) is 5.80. The van der Waals surface area contributed by atoms with E-state index in [4.69, 9.17) is 18.9 Å². The summed E-state index contributed by atoms with van der Waals surface area (Å²) in [7, 11) is 0. The van der Waals surface area contributed by atoms with E-state index < -0.39 is 18.1 Å². The standard InChI is InChI=1S/C25H29F3O6/c1-24(17-31-18-24)16-30-14-4-2-3-5-15-32-20-8-6-19(7-9-20)23(29)33-21-10-12-22(13-11-21)34-25(26,27)28/h6-13H,2-5,14-18H2,1H3. The first-order chi connectivity index (χ1) is 16.2. The Balaban J connectivity index is 1.28. The number of carbonyl (C=O) groups excluding carboxylic acids is 1. The minimum Gasteiger partial charge on any atom is -0.494 e. The van der Waals surface area contributed by atoms with Crippen molar-refractivity contribution in [2.24, 2.45) is 5.41 Å². The normalized spacial score (nSPS) is 14.8. The van der Waals surface area contributed by atoms with E-state index >= 15 is 0 Å². The number of carbonyl (C=O) groups is 1. The number of halogens is 3. The molecular weight excluding hydrogens is 453 g/mol. The lowest BCUT2D eigenvalue weighted by Gasteiger charge is -2.37. The lowest BCUT2D eigenvalue weighted by Crippen LogP contribution is -2.43. The predicted molar refractivity (Wildman–Crippen MR) is 118 cm³/mol. The molecular formula is C25H29F3O6. The van der Waals surface area contributed by atoms with Gasteiger partial charge in [0.25, 0.3) is 0 Å². The second-order valence-electron chi connectivity index (χ2n) is 8.55. The molecule has 0 unspecified atom stereocenters. The molecule has 0 saturated carbocycles. The summed E-state index contributed by atoms with van der Waals surface area (Å²) in [6.07, 6.45) is -0.721. The summed E-state index contributed by atoms with van der Waals surface area (Å²) in [5, 5.41) is 0. The largest absolute Gasteiger partial charge is 0.573 e. The zero-order chi connectivity index (χ0) is 24.4. The topological polar surface area (TPSA) is 63.2 Å². The number of esters is 1. The van der Waals surface area contributed by atoms with Crippen LogP contribution in [0.2, 0.25) is 0 Å². The van der Waals surface area contributed by atoms with E-state index in [1.54, 1.807) is 24.3 Å². The van der Waals surface area contributed by atoms with Gasteiger partial charge >= 0.3 is 12.3 Å². The van der Waals surface area contributed by atoms with Crippen LogP contribution < -0.4 is 14.2 Å². The first-order valence-corrected chi connectivity index (χ1v) is 11.2. The summed E-state index contributed by atoms with van der Waals surface area (Å²) in [6.45, 7) is 5.83. The van der Waals surface area contributed by atoms with Crippen LogP contribution >= 0.6 is 0 Å². The number of rotatable bonds is 13. The van der Waals surface area contributed by atoms with Crippen LogP contribution in [0.5, 0.6) is 17.2 Å². The van der Waals surface area contributed by atoms with E-state index in [0.29, 0.717) is 17.9 Å². The van der Waals surface area contributed by atoms with Crippen molar-refractivity contribution in [3.8, 4) is 17.2 Å². The van der Waals surface area contributed by atoms with Crippen LogP contribution in [0.3, 0.4) is 0 Å². The molecule has 0 N–H and O–H groups in total. The van der Waals surface area contributed by atoms with Crippen LogP contribution in [0, 0.1) is 5.41 Å². The molecule has 2 aromatic carbocycles. The highest BCUT2D eigenvalue weighted by Gasteiger charge is 2.33. The van der Waals surface area contributed by atoms with Gasteiger partial charge in [-0.15, -0.1) is 13.2 Å². The number of hydrogen-bond donors (Lipinski definition) is 0. The molecule has 34 heavy (non-hydrogen) atoms. The van der Waals surface area contributed by atoms with Crippen molar-refractivity contribution >= 4 is 5.97 Å². The van der Waals surface area contributed by atoms with Gasteiger partial charge in [-0.25, -0.2) is 4.79 Å². The van der Waals surface area contributed by atoms with Crippen molar-refractivity contribution in [2.45, 2.75) is 39.0 Å². The monoisotopic (exact) mass is 482 g/mol. The second kappa shape index (κ2) is 12.1. The molecule has 1 fully saturated rings. The Morgan fingerprint density at radius 1 is 0.882 bits per heavy atom. The van der Waals surface area contributed by atoms with Crippen molar-refractivity contribution in [3.63, 3.8) is 0 Å². The minimum absolute atomic E-state index is 0.108. The molecule has 186 valence electrons. The van der Waals surface area contributed by atoms with E-state index in [1.807, 2.05) is 0 Å². The van der Waals surface area contributed by atoms with Crippen molar-refractivity contribution in [3.05, 3.63) is 54.1 Å². The van der Waals surface area contributed by atoms with Gasteiger partial charge in [-0.2, -0.15) is 0 Å². The van der Waals surface area contributed by atoms with Gasteiger partial charge in [0.1, 0.15) is 17.2 Å². The third-order valence-corrected chi connectivity index (χ3v) is 5.16. The molecule has 1 saturated heterocycles. The van der Waals surface area contributed by atoms with E-state index in [2.05, 4.69) is 11.7 Å². The maximum absolute atomic E-state index is 12.2. The number of alkyl halides is 3. The van der Waals surface area contributed by atoms with Crippen molar-refractivity contribution in [1.29, 1.82) is 0 Å². The summed E-state index contributed by atoms with van der Waals surface area (Å²) in [4.78, 5) is 12.2. The van der Waals surface area contributed by atoms with E-state index in [0.717, 1.165) is 64.2 Å². The zero-order valence-corrected chi connectivity index (χ0v) is 19.1. The average molecular weight is 482 g/mol. The van der Waals surface area contributed by atoms with Crippen LogP contribution in [0.25, 0.3) is 0 Å². The zero-order valence-electron chi connectivity index (χ0n) is 19.1. The van der Waals surface area contributed by atoms with E-state index in [1.165, 1.54) is 12.1 Å². The number of unbranched alkanes of at least 4 members (excludes halogenated alkanes) is 3. The lowest BCUT2D eigenvalue weighted by molar-refractivity contribution is -0.274. The van der Waals surface area contributed by atoms with Crippen LogP contribution in [0.1, 0.15) is 43.0 Å². The quantitative estimate of drug-likeness (QED) is 0.204. The van der Waals surface area contributed by atoms with Crippen molar-refractivity contribution in [2.75, 3.05) is 33.0 Å². The van der Waals surface area contributed by atoms with Gasteiger partial charge in [0.05, 0.1) is 32.0 Å². The van der Waals surface area contributed by atoms with Crippen LogP contribution in [-0.2, 0) is 9.47 Å². The summed E-state index contributed by atoms with van der Waals surface area (Å²) in [5.74, 6) is -0.269. The summed E-state index contributed by atoms with van der Waals surface area (Å²) in [5.41, 5.74) is 0.492. The molecule has 0 bridgehead atoms. The van der Waals surface area contributed by atoms with Crippen LogP contribution in [0.4, 0.5) is 13.2 Å². The third kappa shape index (κ3) is 8.87. The molecule has 0 amide bonds. The van der Waals surface area contributed by atoms with Crippen LogP contribution in [0.15, 0.2) is 48.5 Å². The molecule has 0 aromatic heterocycles. The fraction of sp³-hybridized carbons (Fsp3) is 0.480. The number of benzene rings is 2. The smallest absolute Gasteiger partial charge is 0.494 e. The highest BCUT2D eigenvalue weighted by atomic mass is 19.4. The average Bonchev–Trinajstić information content (AvgIpc) is 2.77. The number of ether oxygens (including phenoxy) is 5. The van der Waals surface area contributed by atoms with Gasteiger partial charge in [-0.1, -0.05) is 13.3 Å². The maximum atomic E-state index is 12.2. The molecule has 9 heteroatoms.